The van der Waals surface area contributed by atoms with Crippen LogP contribution in [-0.2, 0) is 4.74 Å². The topological polar surface area (TPSA) is 85.5 Å². The van der Waals surface area contributed by atoms with Crippen LogP contribution in [0.4, 0.5) is 0 Å². The summed E-state index contributed by atoms with van der Waals surface area (Å²) in [5, 5.41) is 31.0. The molecule has 0 aromatic heterocycles. The van der Waals surface area contributed by atoms with Gasteiger partial charge >= 0.3 is 0 Å². The standard InChI is InChI=1S/C13H26N2O4S/c1-5-6-9(16)12-11(18)10(17)7-14-13(15(3)4)20-8(2)19-12/h8-12,16-18H,5-7H2,1-4H3/t8-,9-,10-,11+,12-/m1/s1. The van der Waals surface area contributed by atoms with Crippen molar-refractivity contribution in [3.8, 4) is 0 Å². The third-order valence-corrected chi connectivity index (χ3v) is 4.26. The Morgan fingerprint density at radius 2 is 2.10 bits per heavy atom. The van der Waals surface area contributed by atoms with E-state index in [2.05, 4.69) is 4.99 Å². The van der Waals surface area contributed by atoms with Gasteiger partial charge in [0, 0.05) is 14.1 Å². The van der Waals surface area contributed by atoms with Crippen LogP contribution in [0.2, 0.25) is 0 Å². The summed E-state index contributed by atoms with van der Waals surface area (Å²) in [6.07, 6.45) is -2.49. The van der Waals surface area contributed by atoms with E-state index in [9.17, 15) is 15.3 Å². The first-order chi connectivity index (χ1) is 9.36. The van der Waals surface area contributed by atoms with Gasteiger partial charge in [-0.15, -0.1) is 0 Å². The van der Waals surface area contributed by atoms with E-state index in [-0.39, 0.29) is 12.0 Å². The van der Waals surface area contributed by atoms with Crippen molar-refractivity contribution in [2.45, 2.75) is 56.5 Å². The predicted molar refractivity (Wildman–Crippen MR) is 80.8 cm³/mol. The Morgan fingerprint density at radius 1 is 1.45 bits per heavy atom. The lowest BCUT2D eigenvalue weighted by Gasteiger charge is -2.31. The SMILES string of the molecule is CCC[C@@H](O)[C@H]1O[C@@H](C)SC(N(C)C)=NC[C@@H](O)[C@@H]1O. The summed E-state index contributed by atoms with van der Waals surface area (Å²) in [6.45, 7) is 3.89. The number of hydrogen-bond acceptors (Lipinski definition) is 7. The van der Waals surface area contributed by atoms with Crippen LogP contribution in [0.15, 0.2) is 4.99 Å². The number of hydrogen-bond donors (Lipinski definition) is 3. The highest BCUT2D eigenvalue weighted by Crippen LogP contribution is 2.24. The summed E-state index contributed by atoms with van der Waals surface area (Å²) in [6, 6.07) is 0. The zero-order chi connectivity index (χ0) is 15.3. The molecule has 6 nitrogen and oxygen atoms in total. The Labute approximate surface area is 124 Å². The third kappa shape index (κ3) is 4.89. The second-order valence-corrected chi connectivity index (χ2v) is 6.48. The van der Waals surface area contributed by atoms with E-state index in [4.69, 9.17) is 4.74 Å². The maximum atomic E-state index is 10.2. The van der Waals surface area contributed by atoms with Gasteiger partial charge < -0.3 is 25.0 Å². The van der Waals surface area contributed by atoms with E-state index in [1.54, 1.807) is 0 Å². The molecule has 1 rings (SSSR count). The quantitative estimate of drug-likeness (QED) is 0.694. The molecule has 1 aliphatic rings. The maximum Gasteiger partial charge on any atom is 0.161 e. The summed E-state index contributed by atoms with van der Waals surface area (Å²) in [7, 11) is 3.73. The van der Waals surface area contributed by atoms with Gasteiger partial charge in [-0.25, -0.2) is 0 Å². The monoisotopic (exact) mass is 306 g/mol. The maximum absolute atomic E-state index is 10.2. The summed E-state index contributed by atoms with van der Waals surface area (Å²) >= 11 is 1.41. The minimum atomic E-state index is -1.15. The van der Waals surface area contributed by atoms with E-state index in [0.717, 1.165) is 11.6 Å². The Balaban J connectivity index is 2.88. The molecule has 0 fully saturated rings. The van der Waals surface area contributed by atoms with Crippen LogP contribution in [0.3, 0.4) is 0 Å². The van der Waals surface area contributed by atoms with Crippen LogP contribution in [-0.4, -0.2) is 75.9 Å². The molecular formula is C13H26N2O4S. The van der Waals surface area contributed by atoms with E-state index in [1.807, 2.05) is 32.8 Å². The predicted octanol–water partition coefficient (Wildman–Crippen LogP) is 0.265. The third-order valence-electron chi connectivity index (χ3n) is 3.11. The van der Waals surface area contributed by atoms with Crippen LogP contribution in [0.1, 0.15) is 26.7 Å². The first-order valence-electron chi connectivity index (χ1n) is 6.94. The van der Waals surface area contributed by atoms with E-state index in [1.165, 1.54) is 11.8 Å². The average Bonchev–Trinajstić information content (AvgIpc) is 2.43. The molecule has 0 spiro atoms. The fourth-order valence-corrected chi connectivity index (χ4v) is 2.88. The molecule has 0 aromatic rings. The number of aliphatic imine (C=N–C) groups is 1. The molecule has 20 heavy (non-hydrogen) atoms. The number of ether oxygens (including phenoxy) is 1. The molecule has 3 N–H and O–H groups in total. The lowest BCUT2D eigenvalue weighted by Crippen LogP contribution is -2.47. The summed E-state index contributed by atoms with van der Waals surface area (Å²) in [4.78, 5) is 6.14. The fraction of sp³-hybridized carbons (Fsp3) is 0.923. The Bertz CT molecular complexity index is 327. The van der Waals surface area contributed by atoms with E-state index in [0.29, 0.717) is 6.42 Å². The van der Waals surface area contributed by atoms with Gasteiger partial charge in [-0.2, -0.15) is 0 Å². The molecule has 0 unspecified atom stereocenters. The lowest BCUT2D eigenvalue weighted by molar-refractivity contribution is -0.136. The number of aliphatic hydroxyl groups excluding tert-OH is 3. The second kappa shape index (κ2) is 8.19. The first-order valence-corrected chi connectivity index (χ1v) is 7.82. The van der Waals surface area contributed by atoms with E-state index < -0.39 is 24.4 Å². The Kier molecular flexibility index (Phi) is 7.25. The zero-order valence-corrected chi connectivity index (χ0v) is 13.4. The van der Waals surface area contributed by atoms with E-state index >= 15 is 0 Å². The molecular weight excluding hydrogens is 280 g/mol. The summed E-state index contributed by atoms with van der Waals surface area (Å²) in [5.74, 6) is 0. The van der Waals surface area contributed by atoms with Crippen molar-refractivity contribution in [2.24, 2.45) is 4.99 Å². The molecule has 1 aliphatic heterocycles. The van der Waals surface area contributed by atoms with Crippen molar-refractivity contribution in [1.29, 1.82) is 0 Å². The van der Waals surface area contributed by atoms with Gasteiger partial charge in [0.2, 0.25) is 0 Å². The number of aliphatic hydroxyl groups is 3. The van der Waals surface area contributed by atoms with Crippen molar-refractivity contribution < 1.29 is 20.1 Å². The van der Waals surface area contributed by atoms with Crippen molar-refractivity contribution >= 4 is 16.9 Å². The van der Waals surface area contributed by atoms with Gasteiger partial charge in [0.15, 0.2) is 5.17 Å². The highest BCUT2D eigenvalue weighted by atomic mass is 32.2. The van der Waals surface area contributed by atoms with Crippen molar-refractivity contribution in [2.75, 3.05) is 20.6 Å². The molecule has 0 bridgehead atoms. The number of nitrogens with zero attached hydrogens (tertiary/aromatic N) is 2. The van der Waals surface area contributed by atoms with Gasteiger partial charge in [-0.1, -0.05) is 25.1 Å². The highest BCUT2D eigenvalue weighted by molar-refractivity contribution is 8.14. The van der Waals surface area contributed by atoms with Crippen LogP contribution >= 0.6 is 11.8 Å². The molecule has 1 heterocycles. The van der Waals surface area contributed by atoms with Crippen LogP contribution < -0.4 is 0 Å². The van der Waals surface area contributed by atoms with Gasteiger partial charge in [0.1, 0.15) is 23.7 Å². The summed E-state index contributed by atoms with van der Waals surface area (Å²) in [5.41, 5.74) is -0.271. The second-order valence-electron chi connectivity index (χ2n) is 5.22. The zero-order valence-electron chi connectivity index (χ0n) is 12.6. The fourth-order valence-electron chi connectivity index (χ4n) is 2.04. The number of thioether (sulfide) groups is 1. The molecule has 0 saturated heterocycles. The van der Waals surface area contributed by atoms with Crippen LogP contribution in [0.5, 0.6) is 0 Å². The van der Waals surface area contributed by atoms with Gasteiger partial charge in [0.25, 0.3) is 0 Å². The minimum absolute atomic E-state index is 0.0904. The first kappa shape index (κ1) is 17.7. The number of amidine groups is 1. The molecule has 118 valence electrons. The molecule has 0 aromatic carbocycles. The average molecular weight is 306 g/mol. The molecule has 0 aliphatic carbocycles. The highest BCUT2D eigenvalue weighted by Gasteiger charge is 2.35. The molecule has 0 radical (unpaired) electrons. The minimum Gasteiger partial charge on any atom is -0.390 e. The number of rotatable bonds is 3. The molecule has 7 heteroatoms. The molecule has 0 amide bonds. The largest absolute Gasteiger partial charge is 0.390 e. The molecule has 5 atom stereocenters. The van der Waals surface area contributed by atoms with Crippen molar-refractivity contribution in [3.63, 3.8) is 0 Å². The van der Waals surface area contributed by atoms with Gasteiger partial charge in [-0.05, 0) is 13.3 Å². The van der Waals surface area contributed by atoms with Crippen LogP contribution in [0.25, 0.3) is 0 Å². The Hall–Kier alpha value is -0.340. The lowest BCUT2D eigenvalue weighted by atomic mass is 9.99. The summed E-state index contributed by atoms with van der Waals surface area (Å²) < 4.78 is 5.74. The smallest absolute Gasteiger partial charge is 0.161 e. The van der Waals surface area contributed by atoms with Crippen molar-refractivity contribution in [1.82, 2.24) is 4.90 Å². The van der Waals surface area contributed by atoms with Gasteiger partial charge in [0.05, 0.1) is 12.6 Å². The van der Waals surface area contributed by atoms with Crippen molar-refractivity contribution in [3.05, 3.63) is 0 Å². The van der Waals surface area contributed by atoms with Crippen LogP contribution in [0, 0.1) is 0 Å². The normalized spacial score (nSPS) is 33.6. The Morgan fingerprint density at radius 3 is 2.65 bits per heavy atom. The van der Waals surface area contributed by atoms with Gasteiger partial charge in [-0.3, -0.25) is 4.99 Å². The molecule has 0 saturated carbocycles.